The molecule has 0 N–H and O–H groups in total. The Hall–Kier alpha value is -1.79. The summed E-state index contributed by atoms with van der Waals surface area (Å²) in [5.41, 5.74) is 0. The minimum atomic E-state index is -0.133. The van der Waals surface area contributed by atoms with Crippen LogP contribution in [0.4, 0.5) is 0 Å². The maximum Gasteiger partial charge on any atom is 0.305 e. The number of esters is 1. The Morgan fingerprint density at radius 2 is 0.818 bits per heavy atom. The van der Waals surface area contributed by atoms with Gasteiger partial charge in [0.1, 0.15) is 19.0 Å². The van der Waals surface area contributed by atoms with Crippen molar-refractivity contribution in [3.63, 3.8) is 0 Å². The predicted molar refractivity (Wildman–Crippen MR) is 170 cm³/mol. The second-order valence-electron chi connectivity index (χ2n) is 10.2. The molecule has 0 aliphatic rings. The first-order valence-corrected chi connectivity index (χ1v) is 16.7. The van der Waals surface area contributed by atoms with E-state index in [0.717, 1.165) is 18.6 Å². The highest BCUT2D eigenvalue weighted by molar-refractivity contribution is 5.69. The average molecular weight is 629 g/mol. The van der Waals surface area contributed by atoms with Crippen LogP contribution in [0.5, 0.6) is 5.75 Å². The van der Waals surface area contributed by atoms with Crippen molar-refractivity contribution >= 4 is 5.97 Å². The first-order valence-electron chi connectivity index (χ1n) is 16.7. The summed E-state index contributed by atoms with van der Waals surface area (Å²) >= 11 is 0. The van der Waals surface area contributed by atoms with E-state index < -0.39 is 0 Å². The van der Waals surface area contributed by atoms with Gasteiger partial charge in [0, 0.05) is 6.42 Å². The Labute approximate surface area is 266 Å². The summed E-state index contributed by atoms with van der Waals surface area (Å²) in [6.07, 6.45) is 11.6. The predicted octanol–water partition coefficient (Wildman–Crippen LogP) is 5.65. The number of rotatable bonds is 35. The Morgan fingerprint density at radius 3 is 1.25 bits per heavy atom. The van der Waals surface area contributed by atoms with E-state index in [1.807, 2.05) is 30.3 Å². The number of ether oxygens (including phenoxy) is 9. The smallest absolute Gasteiger partial charge is 0.305 e. The van der Waals surface area contributed by atoms with Crippen molar-refractivity contribution in [3.8, 4) is 5.75 Å². The molecule has 44 heavy (non-hydrogen) atoms. The number of benzene rings is 1. The van der Waals surface area contributed by atoms with E-state index in [1.165, 1.54) is 44.9 Å². The van der Waals surface area contributed by atoms with Crippen LogP contribution in [0.2, 0.25) is 0 Å². The van der Waals surface area contributed by atoms with Gasteiger partial charge >= 0.3 is 5.97 Å². The lowest BCUT2D eigenvalue weighted by Gasteiger charge is -2.09. The molecule has 0 aromatic heterocycles. The molecule has 256 valence electrons. The van der Waals surface area contributed by atoms with Crippen LogP contribution in [-0.4, -0.2) is 112 Å². The fourth-order valence-corrected chi connectivity index (χ4v) is 4.02. The molecule has 0 fully saturated rings. The van der Waals surface area contributed by atoms with Gasteiger partial charge in [0.2, 0.25) is 0 Å². The molecule has 1 aromatic rings. The lowest BCUT2D eigenvalue weighted by atomic mass is 10.1. The highest BCUT2D eigenvalue weighted by atomic mass is 16.6. The number of hydrogen-bond donors (Lipinski definition) is 0. The molecule has 0 aliphatic heterocycles. The van der Waals surface area contributed by atoms with Gasteiger partial charge in [0.05, 0.1) is 92.5 Å². The van der Waals surface area contributed by atoms with Crippen LogP contribution < -0.4 is 4.74 Å². The summed E-state index contributed by atoms with van der Waals surface area (Å²) in [4.78, 5) is 11.8. The zero-order valence-electron chi connectivity index (χ0n) is 27.4. The summed E-state index contributed by atoms with van der Waals surface area (Å²) in [6.45, 7) is 10.0. The van der Waals surface area contributed by atoms with Gasteiger partial charge in [-0.3, -0.25) is 4.79 Å². The van der Waals surface area contributed by atoms with Crippen molar-refractivity contribution in [2.24, 2.45) is 0 Å². The Morgan fingerprint density at radius 1 is 0.455 bits per heavy atom. The first kappa shape index (κ1) is 40.2. The van der Waals surface area contributed by atoms with E-state index in [0.29, 0.717) is 112 Å². The lowest BCUT2D eigenvalue weighted by molar-refractivity contribution is -0.145. The molecule has 0 heterocycles. The topological polar surface area (TPSA) is 100 Å². The highest BCUT2D eigenvalue weighted by Gasteiger charge is 2.03. The van der Waals surface area contributed by atoms with Crippen LogP contribution >= 0.6 is 0 Å². The van der Waals surface area contributed by atoms with Crippen molar-refractivity contribution in [3.05, 3.63) is 30.3 Å². The highest BCUT2D eigenvalue weighted by Crippen LogP contribution is 2.11. The van der Waals surface area contributed by atoms with E-state index in [-0.39, 0.29) is 5.97 Å². The third kappa shape index (κ3) is 30.2. The fourth-order valence-electron chi connectivity index (χ4n) is 4.02. The summed E-state index contributed by atoms with van der Waals surface area (Å²) in [7, 11) is 0. The van der Waals surface area contributed by atoms with Gasteiger partial charge < -0.3 is 42.6 Å². The zero-order valence-corrected chi connectivity index (χ0v) is 27.4. The molecule has 0 bridgehead atoms. The van der Waals surface area contributed by atoms with Crippen LogP contribution in [0.25, 0.3) is 0 Å². The number of hydrogen-bond acceptors (Lipinski definition) is 10. The third-order valence-corrected chi connectivity index (χ3v) is 6.45. The largest absolute Gasteiger partial charge is 0.491 e. The minimum absolute atomic E-state index is 0.133. The monoisotopic (exact) mass is 628 g/mol. The molecule has 0 unspecified atom stereocenters. The van der Waals surface area contributed by atoms with Gasteiger partial charge in [-0.2, -0.15) is 0 Å². The summed E-state index contributed by atoms with van der Waals surface area (Å²) in [6, 6.07) is 9.67. The van der Waals surface area contributed by atoms with E-state index in [4.69, 9.17) is 42.6 Å². The summed E-state index contributed by atoms with van der Waals surface area (Å²) < 4.78 is 49.1. The molecule has 0 amide bonds. The van der Waals surface area contributed by atoms with E-state index in [1.54, 1.807) is 0 Å². The standard InChI is InChI=1S/C34H60O10/c1-2-3-4-5-6-7-8-9-13-16-34(35)44-32-30-42-28-26-40-24-22-38-20-18-36-17-19-37-21-23-39-25-27-41-29-31-43-33-14-11-10-12-15-33/h10-12,14-15H,2-9,13,16-32H2,1H3. The number of para-hydroxylation sites is 1. The second-order valence-corrected chi connectivity index (χ2v) is 10.2. The SMILES string of the molecule is CCCCCCCCCCCC(=O)OCCOCCOCCOCCOCCOCCOCCOCCOc1ccccc1. The van der Waals surface area contributed by atoms with Crippen LogP contribution in [0.3, 0.4) is 0 Å². The van der Waals surface area contributed by atoms with Gasteiger partial charge in [0.15, 0.2) is 0 Å². The molecule has 0 aliphatic carbocycles. The molecule has 10 nitrogen and oxygen atoms in total. The second kappa shape index (κ2) is 34.1. The number of unbranched alkanes of at least 4 members (excludes halogenated alkanes) is 8. The van der Waals surface area contributed by atoms with Crippen LogP contribution in [0, 0.1) is 0 Å². The Kier molecular flexibility index (Phi) is 31.2. The van der Waals surface area contributed by atoms with Crippen molar-refractivity contribution < 1.29 is 47.4 Å². The maximum absolute atomic E-state index is 11.8. The van der Waals surface area contributed by atoms with Gasteiger partial charge in [0.25, 0.3) is 0 Å². The molecule has 1 aromatic carbocycles. The van der Waals surface area contributed by atoms with Crippen molar-refractivity contribution in [2.75, 3.05) is 106 Å². The molecule has 0 atom stereocenters. The molecule has 0 radical (unpaired) electrons. The van der Waals surface area contributed by atoms with E-state index in [9.17, 15) is 4.79 Å². The van der Waals surface area contributed by atoms with Gasteiger partial charge in [-0.1, -0.05) is 76.5 Å². The summed E-state index contributed by atoms with van der Waals surface area (Å²) in [5.74, 6) is 0.711. The molecule has 10 heteroatoms. The Balaban J connectivity index is 1.65. The quantitative estimate of drug-likeness (QED) is 0.0693. The minimum Gasteiger partial charge on any atom is -0.491 e. The molecule has 0 saturated heterocycles. The summed E-state index contributed by atoms with van der Waals surface area (Å²) in [5, 5.41) is 0. The molecule has 0 spiro atoms. The Bertz CT molecular complexity index is 707. The van der Waals surface area contributed by atoms with Crippen LogP contribution in [0.1, 0.15) is 71.1 Å². The lowest BCUT2D eigenvalue weighted by Crippen LogP contribution is -2.15. The molecule has 0 saturated carbocycles. The van der Waals surface area contributed by atoms with Gasteiger partial charge in [-0.15, -0.1) is 0 Å². The van der Waals surface area contributed by atoms with E-state index in [2.05, 4.69) is 6.92 Å². The van der Waals surface area contributed by atoms with Crippen molar-refractivity contribution in [1.29, 1.82) is 0 Å². The molecular formula is C34H60O10. The number of carbonyl (C=O) groups is 1. The normalized spacial score (nSPS) is 11.2. The molecular weight excluding hydrogens is 568 g/mol. The van der Waals surface area contributed by atoms with Gasteiger partial charge in [-0.05, 0) is 18.6 Å². The fraction of sp³-hybridized carbons (Fsp3) is 0.794. The average Bonchev–Trinajstić information content (AvgIpc) is 3.04. The van der Waals surface area contributed by atoms with Gasteiger partial charge in [-0.25, -0.2) is 0 Å². The third-order valence-electron chi connectivity index (χ3n) is 6.45. The first-order chi connectivity index (χ1) is 21.8. The maximum atomic E-state index is 11.8. The number of carbonyl (C=O) groups excluding carboxylic acids is 1. The van der Waals surface area contributed by atoms with Crippen molar-refractivity contribution in [2.45, 2.75) is 71.1 Å². The van der Waals surface area contributed by atoms with E-state index >= 15 is 0 Å². The van der Waals surface area contributed by atoms with Crippen LogP contribution in [-0.2, 0) is 42.7 Å². The van der Waals surface area contributed by atoms with Crippen molar-refractivity contribution in [1.82, 2.24) is 0 Å². The zero-order chi connectivity index (χ0) is 31.4. The van der Waals surface area contributed by atoms with Crippen LogP contribution in [0.15, 0.2) is 30.3 Å². The molecule has 1 rings (SSSR count).